The van der Waals surface area contributed by atoms with E-state index in [1.807, 2.05) is 6.92 Å². The minimum Gasteiger partial charge on any atom is -0.377 e. The molecular weight excluding hydrogens is 234 g/mol. The highest BCUT2D eigenvalue weighted by atomic mass is 16.5. The zero-order chi connectivity index (χ0) is 13.0. The smallest absolute Gasteiger partial charge is 0.245 e. The lowest BCUT2D eigenvalue weighted by Gasteiger charge is -2.36. The molecule has 2 saturated heterocycles. The van der Waals surface area contributed by atoms with Crippen LogP contribution in [0, 0.1) is 0 Å². The number of carbonyl (C=O) groups is 2. The minimum atomic E-state index is -0.478. The summed E-state index contributed by atoms with van der Waals surface area (Å²) in [7, 11) is 0. The topological polar surface area (TPSA) is 70.7 Å². The van der Waals surface area contributed by atoms with Crippen LogP contribution < -0.4 is 10.6 Å². The summed E-state index contributed by atoms with van der Waals surface area (Å²) in [5.74, 6) is -0.0874. The van der Waals surface area contributed by atoms with Gasteiger partial charge in [0.25, 0.3) is 0 Å². The largest absolute Gasteiger partial charge is 0.377 e. The quantitative estimate of drug-likeness (QED) is 0.686. The van der Waals surface area contributed by atoms with Crippen LogP contribution in [0.4, 0.5) is 0 Å². The summed E-state index contributed by atoms with van der Waals surface area (Å²) in [5.41, 5.74) is 0. The summed E-state index contributed by atoms with van der Waals surface area (Å²) in [6.07, 6.45) is 1.88. The molecule has 2 N–H and O–H groups in total. The Hall–Kier alpha value is -1.14. The molecule has 2 amide bonds. The Labute approximate surface area is 107 Å². The van der Waals surface area contributed by atoms with Crippen molar-refractivity contribution in [2.75, 3.05) is 32.8 Å². The molecule has 6 heteroatoms. The number of hydrogen-bond donors (Lipinski definition) is 2. The van der Waals surface area contributed by atoms with Crippen LogP contribution in [0.25, 0.3) is 0 Å². The molecule has 0 aromatic rings. The van der Waals surface area contributed by atoms with Crippen molar-refractivity contribution in [3.63, 3.8) is 0 Å². The highest BCUT2D eigenvalue weighted by molar-refractivity contribution is 5.90. The molecule has 0 aromatic carbocycles. The van der Waals surface area contributed by atoms with Gasteiger partial charge in [-0.2, -0.15) is 0 Å². The highest BCUT2D eigenvalue weighted by Gasteiger charge is 2.36. The first kappa shape index (κ1) is 13.3. The molecule has 6 nitrogen and oxygen atoms in total. The molecule has 2 aliphatic heterocycles. The fraction of sp³-hybridized carbons (Fsp3) is 0.833. The normalized spacial score (nSPS) is 28.2. The van der Waals surface area contributed by atoms with E-state index in [1.165, 1.54) is 0 Å². The van der Waals surface area contributed by atoms with Crippen molar-refractivity contribution in [1.82, 2.24) is 15.5 Å². The van der Waals surface area contributed by atoms with Crippen LogP contribution in [0.1, 0.15) is 19.8 Å². The van der Waals surface area contributed by atoms with Crippen molar-refractivity contribution < 1.29 is 14.3 Å². The van der Waals surface area contributed by atoms with E-state index in [-0.39, 0.29) is 17.9 Å². The van der Waals surface area contributed by atoms with Crippen LogP contribution in [0.3, 0.4) is 0 Å². The van der Waals surface area contributed by atoms with Crippen molar-refractivity contribution in [2.24, 2.45) is 0 Å². The van der Waals surface area contributed by atoms with Gasteiger partial charge in [-0.25, -0.2) is 0 Å². The summed E-state index contributed by atoms with van der Waals surface area (Å²) in [4.78, 5) is 25.9. The summed E-state index contributed by atoms with van der Waals surface area (Å²) in [6.45, 7) is 4.62. The van der Waals surface area contributed by atoms with Gasteiger partial charge in [-0.15, -0.1) is 0 Å². The molecular formula is C12H21N3O3. The highest BCUT2D eigenvalue weighted by Crippen LogP contribution is 2.14. The van der Waals surface area contributed by atoms with Crippen molar-refractivity contribution in [2.45, 2.75) is 31.8 Å². The average molecular weight is 255 g/mol. The number of hydrogen-bond acceptors (Lipinski definition) is 4. The number of rotatable bonds is 3. The molecule has 0 saturated carbocycles. The lowest BCUT2D eigenvalue weighted by molar-refractivity contribution is -0.149. The van der Waals surface area contributed by atoms with E-state index >= 15 is 0 Å². The Kier molecular flexibility index (Phi) is 4.54. The van der Waals surface area contributed by atoms with Crippen LogP contribution in [-0.4, -0.2) is 61.6 Å². The number of nitrogens with one attached hydrogen (secondary N) is 2. The average Bonchev–Trinajstić information content (AvgIpc) is 2.92. The number of morpholine rings is 1. The molecule has 2 atom stereocenters. The Morgan fingerprint density at radius 3 is 3.00 bits per heavy atom. The molecule has 2 heterocycles. The first-order valence-electron chi connectivity index (χ1n) is 6.63. The monoisotopic (exact) mass is 255 g/mol. The Bertz CT molecular complexity index is 316. The van der Waals surface area contributed by atoms with Gasteiger partial charge < -0.3 is 20.3 Å². The molecule has 2 unspecified atom stereocenters. The second-order valence-electron chi connectivity index (χ2n) is 4.67. The second kappa shape index (κ2) is 6.15. The van der Waals surface area contributed by atoms with Crippen LogP contribution in [0.15, 0.2) is 0 Å². The second-order valence-corrected chi connectivity index (χ2v) is 4.67. The molecule has 2 aliphatic rings. The molecule has 0 bridgehead atoms. The van der Waals surface area contributed by atoms with Crippen LogP contribution in [0.2, 0.25) is 0 Å². The molecule has 0 aromatic heterocycles. The van der Waals surface area contributed by atoms with E-state index in [2.05, 4.69) is 10.6 Å². The first-order chi connectivity index (χ1) is 8.74. The van der Waals surface area contributed by atoms with Gasteiger partial charge in [0.1, 0.15) is 6.04 Å². The summed E-state index contributed by atoms with van der Waals surface area (Å²) in [6, 6.07) is -0.603. The number of nitrogens with zero attached hydrogens (tertiary/aromatic N) is 1. The maximum Gasteiger partial charge on any atom is 0.245 e. The van der Waals surface area contributed by atoms with E-state index in [0.717, 1.165) is 19.4 Å². The van der Waals surface area contributed by atoms with Gasteiger partial charge in [0, 0.05) is 13.1 Å². The molecule has 102 valence electrons. The van der Waals surface area contributed by atoms with Gasteiger partial charge in [-0.3, -0.25) is 9.59 Å². The fourth-order valence-corrected chi connectivity index (χ4v) is 2.47. The van der Waals surface area contributed by atoms with E-state index in [4.69, 9.17) is 4.74 Å². The SMILES string of the molecule is CCNC(=O)C1COCCN1C(=O)C1CCCN1. The number of amides is 2. The van der Waals surface area contributed by atoms with E-state index < -0.39 is 6.04 Å². The molecule has 2 rings (SSSR count). The lowest BCUT2D eigenvalue weighted by atomic mass is 10.1. The third kappa shape index (κ3) is 2.81. The van der Waals surface area contributed by atoms with Crippen LogP contribution in [0.5, 0.6) is 0 Å². The third-order valence-electron chi connectivity index (χ3n) is 3.42. The number of carbonyl (C=O) groups excluding carboxylic acids is 2. The van der Waals surface area contributed by atoms with Crippen molar-refractivity contribution in [3.05, 3.63) is 0 Å². The van der Waals surface area contributed by atoms with Gasteiger partial charge >= 0.3 is 0 Å². The molecule has 2 fully saturated rings. The summed E-state index contributed by atoms with van der Waals surface area (Å²) in [5, 5.41) is 5.94. The zero-order valence-corrected chi connectivity index (χ0v) is 10.8. The van der Waals surface area contributed by atoms with E-state index in [1.54, 1.807) is 4.90 Å². The van der Waals surface area contributed by atoms with Crippen molar-refractivity contribution >= 4 is 11.8 Å². The van der Waals surface area contributed by atoms with Crippen LogP contribution >= 0.6 is 0 Å². The van der Waals surface area contributed by atoms with Gasteiger partial charge in [-0.1, -0.05) is 0 Å². The van der Waals surface area contributed by atoms with Crippen molar-refractivity contribution in [3.8, 4) is 0 Å². The van der Waals surface area contributed by atoms with Gasteiger partial charge in [-0.05, 0) is 26.3 Å². The van der Waals surface area contributed by atoms with E-state index in [0.29, 0.717) is 26.3 Å². The zero-order valence-electron chi connectivity index (χ0n) is 10.8. The lowest BCUT2D eigenvalue weighted by Crippen LogP contribution is -2.59. The maximum absolute atomic E-state index is 12.3. The van der Waals surface area contributed by atoms with Gasteiger partial charge in [0.05, 0.1) is 19.3 Å². The van der Waals surface area contributed by atoms with Crippen LogP contribution in [-0.2, 0) is 14.3 Å². The Balaban J connectivity index is 2.02. The summed E-state index contributed by atoms with van der Waals surface area (Å²) < 4.78 is 5.32. The Morgan fingerprint density at radius 2 is 2.33 bits per heavy atom. The van der Waals surface area contributed by atoms with Crippen molar-refractivity contribution in [1.29, 1.82) is 0 Å². The predicted molar refractivity (Wildman–Crippen MR) is 66.0 cm³/mol. The number of ether oxygens (including phenoxy) is 1. The minimum absolute atomic E-state index is 0.0343. The first-order valence-corrected chi connectivity index (χ1v) is 6.63. The third-order valence-corrected chi connectivity index (χ3v) is 3.42. The molecule has 18 heavy (non-hydrogen) atoms. The summed E-state index contributed by atoms with van der Waals surface area (Å²) >= 11 is 0. The maximum atomic E-state index is 12.3. The van der Waals surface area contributed by atoms with E-state index in [9.17, 15) is 9.59 Å². The Morgan fingerprint density at radius 1 is 1.50 bits per heavy atom. The van der Waals surface area contributed by atoms with Gasteiger partial charge in [0.2, 0.25) is 11.8 Å². The molecule has 0 spiro atoms. The fourth-order valence-electron chi connectivity index (χ4n) is 2.47. The predicted octanol–water partition coefficient (Wildman–Crippen LogP) is -0.898. The number of likely N-dealkylation sites (N-methyl/N-ethyl adjacent to an activating group) is 1. The molecule has 0 radical (unpaired) electrons. The standard InChI is InChI=1S/C12H21N3O3/c1-2-13-11(16)10-8-18-7-6-15(10)12(17)9-4-3-5-14-9/h9-10,14H,2-8H2,1H3,(H,13,16). The van der Waals surface area contributed by atoms with Gasteiger partial charge in [0.15, 0.2) is 0 Å². The molecule has 0 aliphatic carbocycles.